The van der Waals surface area contributed by atoms with Crippen LogP contribution in [0.3, 0.4) is 0 Å². The zero-order valence-electron chi connectivity index (χ0n) is 12.3. The first-order valence-corrected chi connectivity index (χ1v) is 9.73. The Hall–Kier alpha value is -1.15. The van der Waals surface area contributed by atoms with Crippen molar-refractivity contribution in [3.63, 3.8) is 0 Å². The van der Waals surface area contributed by atoms with Crippen LogP contribution in [0.25, 0.3) is 0 Å². The van der Waals surface area contributed by atoms with Gasteiger partial charge in [-0.15, -0.1) is 11.8 Å². The van der Waals surface area contributed by atoms with Gasteiger partial charge in [0.2, 0.25) is 5.91 Å². The Kier molecular flexibility index (Phi) is 5.30. The van der Waals surface area contributed by atoms with Crippen LogP contribution in [0.5, 0.6) is 0 Å². The Labute approximate surface area is 137 Å². The maximum Gasteiger partial charge on any atom is 0.290 e. The number of rotatable bonds is 3. The van der Waals surface area contributed by atoms with Crippen molar-refractivity contribution in [3.05, 3.63) is 22.7 Å². The minimum Gasteiger partial charge on any atom is -0.351 e. The second-order valence-electron chi connectivity index (χ2n) is 5.47. The molecule has 6 nitrogen and oxygen atoms in total. The lowest BCUT2D eigenvalue weighted by Gasteiger charge is -2.34. The van der Waals surface area contributed by atoms with Gasteiger partial charge in [-0.2, -0.15) is 11.8 Å². The van der Waals surface area contributed by atoms with E-state index in [9.17, 15) is 9.59 Å². The molecule has 0 aromatic carbocycles. The minimum atomic E-state index is -0.172. The lowest BCUT2D eigenvalue weighted by atomic mass is 10.1. The van der Waals surface area contributed by atoms with Crippen LogP contribution in [0, 0.1) is 0 Å². The van der Waals surface area contributed by atoms with Gasteiger partial charge in [-0.1, -0.05) is 0 Å². The first-order chi connectivity index (χ1) is 10.7. The number of thioether (sulfide) groups is 2. The van der Waals surface area contributed by atoms with Crippen LogP contribution in [-0.2, 0) is 4.79 Å². The molecule has 120 valence electrons. The van der Waals surface area contributed by atoms with E-state index in [1.165, 1.54) is 6.20 Å². The molecule has 0 bridgehead atoms. The third-order valence-electron chi connectivity index (χ3n) is 3.86. The summed E-state index contributed by atoms with van der Waals surface area (Å²) in [5, 5.41) is 3.22. The van der Waals surface area contributed by atoms with E-state index in [2.05, 4.69) is 15.3 Å². The number of piperidine rings is 1. The van der Waals surface area contributed by atoms with Crippen LogP contribution in [-0.4, -0.2) is 57.5 Å². The van der Waals surface area contributed by atoms with Crippen molar-refractivity contribution < 1.29 is 4.79 Å². The van der Waals surface area contributed by atoms with Gasteiger partial charge < -0.3 is 15.2 Å². The van der Waals surface area contributed by atoms with Crippen molar-refractivity contribution in [1.82, 2.24) is 15.3 Å². The van der Waals surface area contributed by atoms with E-state index < -0.39 is 0 Å². The molecule has 1 aromatic rings. The molecule has 0 spiro atoms. The van der Waals surface area contributed by atoms with Crippen molar-refractivity contribution in [2.45, 2.75) is 24.1 Å². The number of aromatic nitrogens is 2. The smallest absolute Gasteiger partial charge is 0.290 e. The molecule has 2 unspecified atom stereocenters. The normalized spacial score (nSPS) is 25.7. The van der Waals surface area contributed by atoms with E-state index in [1.54, 1.807) is 18.0 Å². The summed E-state index contributed by atoms with van der Waals surface area (Å²) in [5.41, 5.74) is -0.172. The fourth-order valence-electron chi connectivity index (χ4n) is 2.79. The molecule has 2 atom stereocenters. The van der Waals surface area contributed by atoms with Crippen LogP contribution in [0.4, 0.5) is 5.82 Å². The maximum absolute atomic E-state index is 12.3. The molecule has 2 fully saturated rings. The van der Waals surface area contributed by atoms with E-state index in [0.717, 1.165) is 36.6 Å². The number of carbonyl (C=O) groups excluding carboxylic acids is 1. The highest BCUT2D eigenvalue weighted by molar-refractivity contribution is 8.07. The molecular weight excluding hydrogens is 320 g/mol. The molecule has 1 amide bonds. The molecular formula is C14H20N4O2S2. The molecule has 0 saturated carbocycles. The van der Waals surface area contributed by atoms with E-state index in [4.69, 9.17) is 0 Å². The fraction of sp³-hybridized carbons (Fsp3) is 0.643. The van der Waals surface area contributed by atoms with Gasteiger partial charge in [-0.25, -0.2) is 4.98 Å². The van der Waals surface area contributed by atoms with Gasteiger partial charge in [0.05, 0.1) is 5.25 Å². The highest BCUT2D eigenvalue weighted by Crippen LogP contribution is 2.24. The van der Waals surface area contributed by atoms with Gasteiger partial charge in [0.25, 0.3) is 5.56 Å². The molecule has 2 aliphatic heterocycles. The summed E-state index contributed by atoms with van der Waals surface area (Å²) in [6.07, 6.45) is 5.03. The highest BCUT2D eigenvalue weighted by Gasteiger charge is 2.27. The Morgan fingerprint density at radius 3 is 3.14 bits per heavy atom. The number of amides is 1. The van der Waals surface area contributed by atoms with Crippen molar-refractivity contribution in [1.29, 1.82) is 0 Å². The Morgan fingerprint density at radius 2 is 2.36 bits per heavy atom. The number of H-pyrrole nitrogens is 1. The predicted octanol–water partition coefficient (Wildman–Crippen LogP) is 0.703. The van der Waals surface area contributed by atoms with E-state index >= 15 is 0 Å². The fourth-order valence-corrected chi connectivity index (χ4v) is 5.36. The molecule has 3 rings (SSSR count). The Bertz CT molecular complexity index is 574. The van der Waals surface area contributed by atoms with Crippen LogP contribution < -0.4 is 15.8 Å². The molecule has 1 aromatic heterocycles. The lowest BCUT2D eigenvalue weighted by molar-refractivity contribution is -0.120. The second-order valence-corrected chi connectivity index (χ2v) is 7.93. The number of hydrogen-bond donors (Lipinski definition) is 2. The topological polar surface area (TPSA) is 78.1 Å². The van der Waals surface area contributed by atoms with E-state index in [0.29, 0.717) is 12.4 Å². The summed E-state index contributed by atoms with van der Waals surface area (Å²) < 4.78 is 0. The van der Waals surface area contributed by atoms with Gasteiger partial charge >= 0.3 is 0 Å². The van der Waals surface area contributed by atoms with Gasteiger partial charge in [0, 0.05) is 48.8 Å². The number of hydrogen-bond acceptors (Lipinski definition) is 6. The quantitative estimate of drug-likeness (QED) is 0.844. The number of aromatic amines is 1. The summed E-state index contributed by atoms with van der Waals surface area (Å²) in [6, 6.07) is 0.0928. The number of carbonyl (C=O) groups is 1. The van der Waals surface area contributed by atoms with Gasteiger partial charge in [-0.05, 0) is 12.8 Å². The molecule has 8 heteroatoms. The SMILES string of the molecule is O=C(NC1CCCN(c2ncc[nH]c2=O)C1)C1CSCCS1. The van der Waals surface area contributed by atoms with Crippen LogP contribution >= 0.6 is 23.5 Å². The summed E-state index contributed by atoms with van der Waals surface area (Å²) >= 11 is 3.59. The first-order valence-electron chi connectivity index (χ1n) is 7.52. The molecule has 3 heterocycles. The zero-order valence-corrected chi connectivity index (χ0v) is 13.9. The molecule has 2 N–H and O–H groups in total. The monoisotopic (exact) mass is 340 g/mol. The summed E-state index contributed by atoms with van der Waals surface area (Å²) in [5.74, 6) is 3.66. The van der Waals surface area contributed by atoms with Crippen LogP contribution in [0.1, 0.15) is 12.8 Å². The first kappa shape index (κ1) is 15.7. The molecule has 22 heavy (non-hydrogen) atoms. The average molecular weight is 340 g/mol. The number of nitrogens with one attached hydrogen (secondary N) is 2. The summed E-state index contributed by atoms with van der Waals surface area (Å²) in [6.45, 7) is 1.46. The standard InChI is InChI=1S/C14H20N4O2S2/c19-13(11-9-21-6-7-22-11)17-10-2-1-5-18(8-10)12-14(20)16-4-3-15-12/h3-4,10-11H,1-2,5-9H2,(H,16,20)(H,17,19). The van der Waals surface area contributed by atoms with Gasteiger partial charge in [0.15, 0.2) is 5.82 Å². The van der Waals surface area contributed by atoms with Crippen molar-refractivity contribution in [2.75, 3.05) is 35.2 Å². The number of anilines is 1. The van der Waals surface area contributed by atoms with Crippen molar-refractivity contribution in [3.8, 4) is 0 Å². The third kappa shape index (κ3) is 3.78. The van der Waals surface area contributed by atoms with Crippen molar-refractivity contribution >= 4 is 35.2 Å². The van der Waals surface area contributed by atoms with Crippen LogP contribution in [0.15, 0.2) is 17.2 Å². The zero-order chi connectivity index (χ0) is 15.4. The predicted molar refractivity (Wildman–Crippen MR) is 91.8 cm³/mol. The minimum absolute atomic E-state index is 0.0624. The third-order valence-corrected chi connectivity index (χ3v) is 6.62. The lowest BCUT2D eigenvalue weighted by Crippen LogP contribution is -2.51. The average Bonchev–Trinajstić information content (AvgIpc) is 2.56. The Balaban J connectivity index is 1.60. The summed E-state index contributed by atoms with van der Waals surface area (Å²) in [4.78, 5) is 33.0. The van der Waals surface area contributed by atoms with Crippen molar-refractivity contribution in [2.24, 2.45) is 0 Å². The van der Waals surface area contributed by atoms with E-state index in [-0.39, 0.29) is 22.8 Å². The molecule has 2 saturated heterocycles. The largest absolute Gasteiger partial charge is 0.351 e. The number of nitrogens with zero attached hydrogens (tertiary/aromatic N) is 2. The maximum atomic E-state index is 12.3. The van der Waals surface area contributed by atoms with Crippen LogP contribution in [0.2, 0.25) is 0 Å². The molecule has 2 aliphatic rings. The summed E-state index contributed by atoms with van der Waals surface area (Å²) in [7, 11) is 0. The molecule has 0 radical (unpaired) electrons. The van der Waals surface area contributed by atoms with Gasteiger partial charge in [-0.3, -0.25) is 9.59 Å². The molecule has 0 aliphatic carbocycles. The Morgan fingerprint density at radius 1 is 1.45 bits per heavy atom. The highest BCUT2D eigenvalue weighted by atomic mass is 32.2. The van der Waals surface area contributed by atoms with E-state index in [1.807, 2.05) is 16.7 Å². The van der Waals surface area contributed by atoms with Gasteiger partial charge in [0.1, 0.15) is 0 Å². The second kappa shape index (κ2) is 7.41.